The van der Waals surface area contributed by atoms with Gasteiger partial charge in [-0.25, -0.2) is 4.98 Å². The fourth-order valence-corrected chi connectivity index (χ4v) is 2.83. The van der Waals surface area contributed by atoms with E-state index in [4.69, 9.17) is 4.74 Å². The van der Waals surface area contributed by atoms with Crippen LogP contribution in [0.4, 0.5) is 0 Å². The van der Waals surface area contributed by atoms with E-state index in [-0.39, 0.29) is 5.91 Å². The minimum Gasteiger partial charge on any atom is -0.478 e. The molecule has 0 atom stereocenters. The largest absolute Gasteiger partial charge is 0.478 e. The smallest absolute Gasteiger partial charge is 0.227 e. The Morgan fingerprint density at radius 1 is 1.22 bits per heavy atom. The fraction of sp³-hybridized carbons (Fsp3) is 0.368. The third-order valence-corrected chi connectivity index (χ3v) is 4.14. The van der Waals surface area contributed by atoms with Crippen LogP contribution in [0.25, 0.3) is 0 Å². The number of nitrogens with zero attached hydrogens (tertiary/aromatic N) is 2. The molecule has 1 aliphatic heterocycles. The highest BCUT2D eigenvalue weighted by Crippen LogP contribution is 2.21. The number of amides is 1. The summed E-state index contributed by atoms with van der Waals surface area (Å²) in [5, 5.41) is 0. The van der Waals surface area contributed by atoms with Crippen molar-refractivity contribution in [2.24, 2.45) is 0 Å². The standard InChI is InChI=1S/C19H22N2O2/c1-3-23-18-9-8-16-13-21(11-10-17(16)20-18)19(22)12-15-6-4-14(2)5-7-15/h4-9H,3,10-13H2,1-2H3. The van der Waals surface area contributed by atoms with Gasteiger partial charge in [0, 0.05) is 25.6 Å². The molecule has 2 heterocycles. The Kier molecular flexibility index (Phi) is 4.60. The van der Waals surface area contributed by atoms with Crippen molar-refractivity contribution in [1.82, 2.24) is 9.88 Å². The van der Waals surface area contributed by atoms with E-state index in [0.29, 0.717) is 25.5 Å². The number of hydrogen-bond acceptors (Lipinski definition) is 3. The summed E-state index contributed by atoms with van der Waals surface area (Å²) in [5.41, 5.74) is 4.45. The van der Waals surface area contributed by atoms with Gasteiger partial charge in [0.25, 0.3) is 0 Å². The summed E-state index contributed by atoms with van der Waals surface area (Å²) >= 11 is 0. The molecule has 0 saturated carbocycles. The zero-order chi connectivity index (χ0) is 16.2. The summed E-state index contributed by atoms with van der Waals surface area (Å²) in [6.07, 6.45) is 1.25. The van der Waals surface area contributed by atoms with E-state index in [9.17, 15) is 4.79 Å². The maximum absolute atomic E-state index is 12.5. The van der Waals surface area contributed by atoms with Gasteiger partial charge in [0.2, 0.25) is 11.8 Å². The Morgan fingerprint density at radius 3 is 2.74 bits per heavy atom. The lowest BCUT2D eigenvalue weighted by atomic mass is 10.0. The zero-order valence-electron chi connectivity index (χ0n) is 13.7. The maximum atomic E-state index is 12.5. The van der Waals surface area contributed by atoms with Gasteiger partial charge in [0.15, 0.2) is 0 Å². The third-order valence-electron chi connectivity index (χ3n) is 4.14. The average molecular weight is 310 g/mol. The molecular weight excluding hydrogens is 288 g/mol. The van der Waals surface area contributed by atoms with E-state index in [1.54, 1.807) is 0 Å². The number of hydrogen-bond donors (Lipinski definition) is 0. The Balaban J connectivity index is 1.66. The van der Waals surface area contributed by atoms with Crippen molar-refractivity contribution < 1.29 is 9.53 Å². The monoisotopic (exact) mass is 310 g/mol. The molecule has 0 saturated heterocycles. The maximum Gasteiger partial charge on any atom is 0.227 e. The summed E-state index contributed by atoms with van der Waals surface area (Å²) in [6.45, 7) is 5.98. The highest BCUT2D eigenvalue weighted by atomic mass is 16.5. The Labute approximate surface area is 137 Å². The van der Waals surface area contributed by atoms with E-state index in [1.165, 1.54) is 5.56 Å². The van der Waals surface area contributed by atoms with E-state index in [2.05, 4.69) is 11.9 Å². The highest BCUT2D eigenvalue weighted by Gasteiger charge is 2.22. The predicted octanol–water partition coefficient (Wildman–Crippen LogP) is 2.92. The molecule has 0 spiro atoms. The average Bonchev–Trinajstić information content (AvgIpc) is 2.56. The molecule has 4 nitrogen and oxygen atoms in total. The van der Waals surface area contributed by atoms with Crippen LogP contribution in [0.5, 0.6) is 5.88 Å². The van der Waals surface area contributed by atoms with E-state index < -0.39 is 0 Å². The molecule has 23 heavy (non-hydrogen) atoms. The summed E-state index contributed by atoms with van der Waals surface area (Å²) in [7, 11) is 0. The van der Waals surface area contributed by atoms with Crippen LogP contribution in [0, 0.1) is 6.92 Å². The molecule has 0 fully saturated rings. The van der Waals surface area contributed by atoms with E-state index in [1.807, 2.05) is 48.2 Å². The molecule has 0 bridgehead atoms. The molecule has 0 radical (unpaired) electrons. The molecular formula is C19H22N2O2. The molecule has 1 aliphatic rings. The molecule has 0 unspecified atom stereocenters. The number of fused-ring (bicyclic) bond motifs is 1. The fourth-order valence-electron chi connectivity index (χ4n) is 2.83. The highest BCUT2D eigenvalue weighted by molar-refractivity contribution is 5.79. The third kappa shape index (κ3) is 3.70. The second-order valence-electron chi connectivity index (χ2n) is 5.92. The molecule has 1 amide bonds. The number of pyridine rings is 1. The zero-order valence-corrected chi connectivity index (χ0v) is 13.7. The summed E-state index contributed by atoms with van der Waals surface area (Å²) in [5.74, 6) is 0.846. The normalized spacial score (nSPS) is 13.6. The minimum atomic E-state index is 0.174. The van der Waals surface area contributed by atoms with Gasteiger partial charge in [-0.2, -0.15) is 0 Å². The van der Waals surface area contributed by atoms with Crippen molar-refractivity contribution in [3.63, 3.8) is 0 Å². The topological polar surface area (TPSA) is 42.4 Å². The number of aromatic nitrogens is 1. The first-order valence-electron chi connectivity index (χ1n) is 8.10. The van der Waals surface area contributed by atoms with E-state index >= 15 is 0 Å². The van der Waals surface area contributed by atoms with Gasteiger partial charge in [-0.15, -0.1) is 0 Å². The van der Waals surface area contributed by atoms with Crippen molar-refractivity contribution in [1.29, 1.82) is 0 Å². The van der Waals surface area contributed by atoms with Crippen molar-refractivity contribution in [3.8, 4) is 5.88 Å². The summed E-state index contributed by atoms with van der Waals surface area (Å²) < 4.78 is 5.44. The first-order valence-corrected chi connectivity index (χ1v) is 8.10. The lowest BCUT2D eigenvalue weighted by Gasteiger charge is -2.28. The second-order valence-corrected chi connectivity index (χ2v) is 5.92. The first kappa shape index (κ1) is 15.5. The van der Waals surface area contributed by atoms with Crippen LogP contribution < -0.4 is 4.74 Å². The molecule has 0 N–H and O–H groups in total. The van der Waals surface area contributed by atoms with Gasteiger partial charge in [-0.3, -0.25) is 4.79 Å². The Bertz CT molecular complexity index is 695. The number of carbonyl (C=O) groups excluding carboxylic acids is 1. The predicted molar refractivity (Wildman–Crippen MR) is 89.4 cm³/mol. The van der Waals surface area contributed by atoms with Crippen molar-refractivity contribution in [2.75, 3.05) is 13.2 Å². The number of aryl methyl sites for hydroxylation is 1. The molecule has 120 valence electrons. The number of rotatable bonds is 4. The van der Waals surface area contributed by atoms with Crippen LogP contribution in [0.15, 0.2) is 36.4 Å². The second kappa shape index (κ2) is 6.82. The van der Waals surface area contributed by atoms with E-state index in [0.717, 1.165) is 29.8 Å². The van der Waals surface area contributed by atoms with Crippen LogP contribution in [0.1, 0.15) is 29.3 Å². The lowest BCUT2D eigenvalue weighted by molar-refractivity contribution is -0.131. The van der Waals surface area contributed by atoms with Gasteiger partial charge < -0.3 is 9.64 Å². The molecule has 1 aromatic carbocycles. The first-order chi connectivity index (χ1) is 11.2. The van der Waals surface area contributed by atoms with Crippen molar-refractivity contribution >= 4 is 5.91 Å². The summed E-state index contributed by atoms with van der Waals surface area (Å²) in [4.78, 5) is 19.0. The van der Waals surface area contributed by atoms with Crippen LogP contribution in [-0.2, 0) is 24.2 Å². The number of carbonyl (C=O) groups is 1. The number of benzene rings is 1. The van der Waals surface area contributed by atoms with Gasteiger partial charge in [0.05, 0.1) is 18.7 Å². The van der Waals surface area contributed by atoms with Crippen molar-refractivity contribution in [2.45, 2.75) is 33.2 Å². The molecule has 4 heteroatoms. The van der Waals surface area contributed by atoms with Gasteiger partial charge in [-0.05, 0) is 25.0 Å². The quantitative estimate of drug-likeness (QED) is 0.872. The Morgan fingerprint density at radius 2 is 2.00 bits per heavy atom. The van der Waals surface area contributed by atoms with Crippen molar-refractivity contribution in [3.05, 3.63) is 58.8 Å². The number of ether oxygens (including phenoxy) is 1. The summed E-state index contributed by atoms with van der Waals surface area (Å²) in [6, 6.07) is 12.1. The van der Waals surface area contributed by atoms with Crippen LogP contribution in [0.3, 0.4) is 0 Å². The van der Waals surface area contributed by atoms with Gasteiger partial charge >= 0.3 is 0 Å². The van der Waals surface area contributed by atoms with Gasteiger partial charge in [0.1, 0.15) is 0 Å². The van der Waals surface area contributed by atoms with Crippen LogP contribution in [0.2, 0.25) is 0 Å². The van der Waals surface area contributed by atoms with Crippen LogP contribution in [-0.4, -0.2) is 28.9 Å². The van der Waals surface area contributed by atoms with Crippen LogP contribution >= 0.6 is 0 Å². The minimum absolute atomic E-state index is 0.174. The molecule has 0 aliphatic carbocycles. The SMILES string of the molecule is CCOc1ccc2c(n1)CCN(C(=O)Cc1ccc(C)cc1)C2. The lowest BCUT2D eigenvalue weighted by Crippen LogP contribution is -2.37. The molecule has 1 aromatic heterocycles. The van der Waals surface area contributed by atoms with Gasteiger partial charge in [-0.1, -0.05) is 35.9 Å². The molecule has 3 rings (SSSR count). The molecule has 2 aromatic rings. The Hall–Kier alpha value is -2.36.